The summed E-state index contributed by atoms with van der Waals surface area (Å²) < 4.78 is 0. The molecule has 2 rings (SSSR count). The van der Waals surface area contributed by atoms with Crippen LogP contribution in [0.25, 0.3) is 0 Å². The van der Waals surface area contributed by atoms with Crippen molar-refractivity contribution in [3.8, 4) is 0 Å². The molecule has 1 aromatic carbocycles. The van der Waals surface area contributed by atoms with E-state index in [4.69, 9.17) is 11.6 Å². The van der Waals surface area contributed by atoms with Crippen LogP contribution in [0, 0.1) is 0 Å². The van der Waals surface area contributed by atoms with Crippen molar-refractivity contribution in [2.24, 2.45) is 0 Å². The summed E-state index contributed by atoms with van der Waals surface area (Å²) in [6.07, 6.45) is 4.52. The van der Waals surface area contributed by atoms with E-state index in [-0.39, 0.29) is 0 Å². The maximum atomic E-state index is 6.26. The van der Waals surface area contributed by atoms with E-state index in [2.05, 4.69) is 23.7 Å². The molecular formula is C12H16ClNS. The lowest BCUT2D eigenvalue weighted by atomic mass is 9.90. The summed E-state index contributed by atoms with van der Waals surface area (Å²) in [7, 11) is 0. The third-order valence-corrected chi connectivity index (χ3v) is 4.05. The maximum absolute atomic E-state index is 6.26. The first-order chi connectivity index (χ1) is 7.31. The highest BCUT2D eigenvalue weighted by Gasteiger charge is 2.17. The van der Waals surface area contributed by atoms with Crippen molar-refractivity contribution in [3.63, 3.8) is 0 Å². The van der Waals surface area contributed by atoms with E-state index in [1.807, 2.05) is 6.07 Å². The van der Waals surface area contributed by atoms with Gasteiger partial charge in [0.2, 0.25) is 0 Å². The average molecular weight is 242 g/mol. The van der Waals surface area contributed by atoms with E-state index >= 15 is 0 Å². The van der Waals surface area contributed by atoms with Crippen LogP contribution in [0.1, 0.15) is 24.3 Å². The molecule has 0 spiro atoms. The van der Waals surface area contributed by atoms with Gasteiger partial charge in [0.15, 0.2) is 0 Å². The Balaban J connectivity index is 2.24. The van der Waals surface area contributed by atoms with Crippen molar-refractivity contribution in [2.75, 3.05) is 19.3 Å². The Bertz CT molecular complexity index is 334. The molecule has 0 aliphatic carbocycles. The molecule has 1 aromatic rings. The fourth-order valence-electron chi connectivity index (χ4n) is 2.09. The first-order valence-corrected chi connectivity index (χ1v) is 6.95. The zero-order valence-corrected chi connectivity index (χ0v) is 10.5. The molecule has 0 atom stereocenters. The largest absolute Gasteiger partial charge is 0.317 e. The van der Waals surface area contributed by atoms with Gasteiger partial charge in [-0.1, -0.05) is 11.6 Å². The van der Waals surface area contributed by atoms with Gasteiger partial charge < -0.3 is 5.32 Å². The minimum absolute atomic E-state index is 0.644. The number of hydrogen-bond donors (Lipinski definition) is 1. The number of thioether (sulfide) groups is 1. The molecule has 0 amide bonds. The Kier molecular flexibility index (Phi) is 3.95. The second-order valence-electron chi connectivity index (χ2n) is 3.91. The number of nitrogens with one attached hydrogen (secondary N) is 1. The first-order valence-electron chi connectivity index (χ1n) is 5.35. The molecule has 0 saturated carbocycles. The van der Waals surface area contributed by atoms with Crippen LogP contribution < -0.4 is 5.32 Å². The van der Waals surface area contributed by atoms with Gasteiger partial charge >= 0.3 is 0 Å². The summed E-state index contributed by atoms with van der Waals surface area (Å²) in [5.41, 5.74) is 1.34. The van der Waals surface area contributed by atoms with Crippen LogP contribution in [0.4, 0.5) is 0 Å². The molecule has 1 fully saturated rings. The van der Waals surface area contributed by atoms with Gasteiger partial charge in [0.25, 0.3) is 0 Å². The van der Waals surface area contributed by atoms with Crippen molar-refractivity contribution in [1.82, 2.24) is 5.32 Å². The predicted molar refractivity (Wildman–Crippen MR) is 68.1 cm³/mol. The predicted octanol–water partition coefficient (Wildman–Crippen LogP) is 3.53. The number of rotatable bonds is 2. The van der Waals surface area contributed by atoms with Crippen molar-refractivity contribution in [2.45, 2.75) is 23.7 Å². The minimum atomic E-state index is 0.644. The Labute approximate surface area is 101 Å². The fourth-order valence-corrected chi connectivity index (χ4v) is 2.82. The third-order valence-electron chi connectivity index (χ3n) is 2.98. The molecule has 1 nitrogen and oxygen atoms in total. The van der Waals surface area contributed by atoms with Gasteiger partial charge in [-0.2, -0.15) is 0 Å². The summed E-state index contributed by atoms with van der Waals surface area (Å²) >= 11 is 8.04. The van der Waals surface area contributed by atoms with Crippen LogP contribution in [0.5, 0.6) is 0 Å². The molecule has 1 saturated heterocycles. The lowest BCUT2D eigenvalue weighted by Crippen LogP contribution is -2.26. The number of halogens is 1. The monoisotopic (exact) mass is 241 g/mol. The van der Waals surface area contributed by atoms with Crippen LogP contribution in [-0.2, 0) is 0 Å². The topological polar surface area (TPSA) is 12.0 Å². The number of benzene rings is 1. The smallest absolute Gasteiger partial charge is 0.0441 e. The fraction of sp³-hybridized carbons (Fsp3) is 0.500. The summed E-state index contributed by atoms with van der Waals surface area (Å²) in [6, 6.07) is 6.38. The lowest BCUT2D eigenvalue weighted by Gasteiger charge is -2.24. The molecule has 1 aliphatic heterocycles. The van der Waals surface area contributed by atoms with Gasteiger partial charge in [0.1, 0.15) is 0 Å². The van der Waals surface area contributed by atoms with E-state index in [1.165, 1.54) is 23.3 Å². The van der Waals surface area contributed by atoms with Gasteiger partial charge in [-0.05, 0) is 61.9 Å². The van der Waals surface area contributed by atoms with Gasteiger partial charge in [-0.15, -0.1) is 11.8 Å². The van der Waals surface area contributed by atoms with Crippen LogP contribution in [-0.4, -0.2) is 19.3 Å². The van der Waals surface area contributed by atoms with E-state index in [0.717, 1.165) is 18.1 Å². The molecule has 0 unspecified atom stereocenters. The van der Waals surface area contributed by atoms with Gasteiger partial charge in [-0.25, -0.2) is 0 Å². The van der Waals surface area contributed by atoms with Crippen molar-refractivity contribution in [3.05, 3.63) is 28.8 Å². The van der Waals surface area contributed by atoms with Crippen molar-refractivity contribution in [1.29, 1.82) is 0 Å². The van der Waals surface area contributed by atoms with Gasteiger partial charge in [0, 0.05) is 9.92 Å². The second kappa shape index (κ2) is 5.24. The summed E-state index contributed by atoms with van der Waals surface area (Å²) in [6.45, 7) is 2.23. The number of piperidine rings is 1. The second-order valence-corrected chi connectivity index (χ2v) is 5.20. The Morgan fingerprint density at radius 1 is 1.33 bits per heavy atom. The standard InChI is InChI=1S/C12H16ClNS/c1-15-10-2-3-12(13)11(8-10)9-4-6-14-7-5-9/h2-3,8-9,14H,4-7H2,1H3. The van der Waals surface area contributed by atoms with Crippen LogP contribution in [0.3, 0.4) is 0 Å². The Morgan fingerprint density at radius 3 is 2.73 bits per heavy atom. The summed E-state index contributed by atoms with van der Waals surface area (Å²) in [4.78, 5) is 1.31. The SMILES string of the molecule is CSc1ccc(Cl)c(C2CCNCC2)c1. The van der Waals surface area contributed by atoms with Gasteiger partial charge in [-0.3, -0.25) is 0 Å². The molecule has 0 radical (unpaired) electrons. The van der Waals surface area contributed by atoms with E-state index in [9.17, 15) is 0 Å². The maximum Gasteiger partial charge on any atom is 0.0441 e. The number of hydrogen-bond acceptors (Lipinski definition) is 2. The third kappa shape index (κ3) is 2.68. The van der Waals surface area contributed by atoms with E-state index in [1.54, 1.807) is 11.8 Å². The van der Waals surface area contributed by atoms with Crippen molar-refractivity contribution >= 4 is 23.4 Å². The zero-order chi connectivity index (χ0) is 10.7. The minimum Gasteiger partial charge on any atom is -0.317 e. The van der Waals surface area contributed by atoms with Gasteiger partial charge in [0.05, 0.1) is 0 Å². The molecular weight excluding hydrogens is 226 g/mol. The van der Waals surface area contributed by atoms with Crippen LogP contribution in [0.15, 0.2) is 23.1 Å². The zero-order valence-electron chi connectivity index (χ0n) is 8.92. The highest BCUT2D eigenvalue weighted by Crippen LogP contribution is 2.33. The summed E-state index contributed by atoms with van der Waals surface area (Å²) in [5.74, 6) is 0.644. The highest BCUT2D eigenvalue weighted by molar-refractivity contribution is 7.98. The highest BCUT2D eigenvalue weighted by atomic mass is 35.5. The van der Waals surface area contributed by atoms with E-state index in [0.29, 0.717) is 5.92 Å². The molecule has 15 heavy (non-hydrogen) atoms. The quantitative estimate of drug-likeness (QED) is 0.796. The normalized spacial score (nSPS) is 18.0. The van der Waals surface area contributed by atoms with Crippen molar-refractivity contribution < 1.29 is 0 Å². The van der Waals surface area contributed by atoms with Crippen LogP contribution in [0.2, 0.25) is 5.02 Å². The van der Waals surface area contributed by atoms with Crippen LogP contribution >= 0.6 is 23.4 Å². The molecule has 1 N–H and O–H groups in total. The molecule has 0 bridgehead atoms. The summed E-state index contributed by atoms with van der Waals surface area (Å²) in [5, 5.41) is 4.31. The molecule has 0 aromatic heterocycles. The lowest BCUT2D eigenvalue weighted by molar-refractivity contribution is 0.460. The molecule has 82 valence electrons. The molecule has 3 heteroatoms. The average Bonchev–Trinajstić information content (AvgIpc) is 2.31. The molecule has 1 aliphatic rings. The Morgan fingerprint density at radius 2 is 2.07 bits per heavy atom. The molecule has 1 heterocycles. The van der Waals surface area contributed by atoms with E-state index < -0.39 is 0 Å². The first kappa shape index (κ1) is 11.3. The Hall–Kier alpha value is -0.180.